The van der Waals surface area contributed by atoms with E-state index in [1.54, 1.807) is 18.2 Å². The van der Waals surface area contributed by atoms with Crippen LogP contribution in [0.2, 0.25) is 0 Å². The molecule has 0 aliphatic carbocycles. The summed E-state index contributed by atoms with van der Waals surface area (Å²) in [7, 11) is 0. The maximum absolute atomic E-state index is 12.3. The fourth-order valence-electron chi connectivity index (χ4n) is 2.02. The Kier molecular flexibility index (Phi) is 3.56. The molecule has 6 nitrogen and oxygen atoms in total. The Balaban J connectivity index is 2.07. The quantitative estimate of drug-likeness (QED) is 0.527. The van der Waals surface area contributed by atoms with E-state index in [0.717, 1.165) is 0 Å². The Morgan fingerprint density at radius 3 is 2.95 bits per heavy atom. The molecule has 3 aromatic rings. The number of hydrogen-bond donors (Lipinski definition) is 0. The lowest BCUT2D eigenvalue weighted by Gasteiger charge is -2.07. The van der Waals surface area contributed by atoms with Gasteiger partial charge in [-0.3, -0.25) is 19.5 Å². The minimum atomic E-state index is -0.462. The normalized spacial score (nSPS) is 10.9. The molecule has 0 unspecified atom stereocenters. The van der Waals surface area contributed by atoms with Gasteiger partial charge in [-0.05, 0) is 32.9 Å². The highest BCUT2D eigenvalue weighted by Gasteiger charge is 2.15. The van der Waals surface area contributed by atoms with Crippen LogP contribution < -0.4 is 5.56 Å². The fraction of sp³-hybridized carbons (Fsp3) is 0.0769. The standard InChI is InChI=1S/C13H8BrN3O3S/c14-11-8(2-1-3-10(11)17(19)20)6-16-7-15-12-9(13(16)18)4-5-21-12/h1-5,7H,6H2. The van der Waals surface area contributed by atoms with Crippen LogP contribution in [0.25, 0.3) is 10.2 Å². The zero-order valence-electron chi connectivity index (χ0n) is 10.5. The molecule has 0 saturated heterocycles. The topological polar surface area (TPSA) is 78.0 Å². The van der Waals surface area contributed by atoms with E-state index < -0.39 is 4.92 Å². The third-order valence-electron chi connectivity index (χ3n) is 3.05. The molecule has 0 atom stereocenters. The lowest BCUT2D eigenvalue weighted by atomic mass is 10.2. The van der Waals surface area contributed by atoms with Gasteiger partial charge in [0.15, 0.2) is 0 Å². The molecule has 8 heteroatoms. The van der Waals surface area contributed by atoms with Crippen molar-refractivity contribution in [3.05, 3.63) is 66.5 Å². The van der Waals surface area contributed by atoms with Crippen LogP contribution in [-0.4, -0.2) is 14.5 Å². The Labute approximate surface area is 131 Å². The van der Waals surface area contributed by atoms with Gasteiger partial charge < -0.3 is 0 Å². The number of hydrogen-bond acceptors (Lipinski definition) is 5. The van der Waals surface area contributed by atoms with Crippen molar-refractivity contribution in [1.29, 1.82) is 0 Å². The second-order valence-corrected chi connectivity index (χ2v) is 6.01. The van der Waals surface area contributed by atoms with Gasteiger partial charge in [0.25, 0.3) is 11.2 Å². The van der Waals surface area contributed by atoms with Gasteiger partial charge in [-0.2, -0.15) is 0 Å². The molecule has 0 aliphatic heterocycles. The maximum Gasteiger partial charge on any atom is 0.283 e. The van der Waals surface area contributed by atoms with Crippen LogP contribution in [0.15, 0.2) is 45.2 Å². The van der Waals surface area contributed by atoms with Crippen molar-refractivity contribution >= 4 is 43.2 Å². The van der Waals surface area contributed by atoms with Gasteiger partial charge in [-0.1, -0.05) is 12.1 Å². The monoisotopic (exact) mass is 365 g/mol. The van der Waals surface area contributed by atoms with Gasteiger partial charge in [0.05, 0.1) is 23.2 Å². The number of nitro groups is 1. The third-order valence-corrected chi connectivity index (χ3v) is 4.78. The number of rotatable bonds is 3. The van der Waals surface area contributed by atoms with E-state index in [1.807, 2.05) is 5.38 Å². The van der Waals surface area contributed by atoms with E-state index in [4.69, 9.17) is 0 Å². The van der Waals surface area contributed by atoms with E-state index >= 15 is 0 Å². The average Bonchev–Trinajstić information content (AvgIpc) is 2.93. The van der Waals surface area contributed by atoms with Crippen molar-refractivity contribution in [3.8, 4) is 0 Å². The Hall–Kier alpha value is -2.06. The number of aromatic nitrogens is 2. The van der Waals surface area contributed by atoms with Gasteiger partial charge in [0.1, 0.15) is 9.30 Å². The van der Waals surface area contributed by atoms with E-state index in [9.17, 15) is 14.9 Å². The third kappa shape index (κ3) is 2.47. The first-order chi connectivity index (χ1) is 10.1. The summed E-state index contributed by atoms with van der Waals surface area (Å²) in [5, 5.41) is 13.3. The molecular formula is C13H8BrN3O3S. The Morgan fingerprint density at radius 2 is 2.19 bits per heavy atom. The SMILES string of the molecule is O=c1c2ccsc2ncn1Cc1cccc([N+](=O)[O-])c1Br. The van der Waals surface area contributed by atoms with Crippen LogP contribution in [0.5, 0.6) is 0 Å². The van der Waals surface area contributed by atoms with Crippen LogP contribution in [-0.2, 0) is 6.54 Å². The van der Waals surface area contributed by atoms with E-state index in [0.29, 0.717) is 20.3 Å². The molecule has 0 radical (unpaired) electrons. The number of thiophene rings is 1. The first-order valence-electron chi connectivity index (χ1n) is 5.92. The molecule has 0 amide bonds. The lowest BCUT2D eigenvalue weighted by Crippen LogP contribution is -2.20. The predicted octanol–water partition coefficient (Wildman–Crippen LogP) is 3.18. The largest absolute Gasteiger partial charge is 0.294 e. The van der Waals surface area contributed by atoms with Crippen LogP contribution in [0.4, 0.5) is 5.69 Å². The summed E-state index contributed by atoms with van der Waals surface area (Å²) < 4.78 is 1.83. The summed E-state index contributed by atoms with van der Waals surface area (Å²) in [6.07, 6.45) is 1.46. The summed E-state index contributed by atoms with van der Waals surface area (Å²) in [6, 6.07) is 6.48. The first-order valence-corrected chi connectivity index (χ1v) is 7.59. The Morgan fingerprint density at radius 1 is 1.38 bits per heavy atom. The molecule has 0 spiro atoms. The molecule has 2 heterocycles. The number of fused-ring (bicyclic) bond motifs is 1. The summed E-state index contributed by atoms with van der Waals surface area (Å²) in [5.41, 5.74) is 0.479. The van der Waals surface area contributed by atoms with Gasteiger partial charge in [-0.25, -0.2) is 4.98 Å². The van der Waals surface area contributed by atoms with Gasteiger partial charge in [0.2, 0.25) is 0 Å². The van der Waals surface area contributed by atoms with Crippen molar-refractivity contribution in [2.24, 2.45) is 0 Å². The second kappa shape index (κ2) is 5.38. The summed E-state index contributed by atoms with van der Waals surface area (Å²) >= 11 is 4.63. The number of nitro benzene ring substituents is 1. The first kappa shape index (κ1) is 13.9. The molecule has 0 aliphatic rings. The highest BCUT2D eigenvalue weighted by atomic mass is 79.9. The van der Waals surface area contributed by atoms with Gasteiger partial charge >= 0.3 is 0 Å². The number of nitrogens with zero attached hydrogens (tertiary/aromatic N) is 3. The molecular weight excluding hydrogens is 358 g/mol. The summed E-state index contributed by atoms with van der Waals surface area (Å²) in [4.78, 5) is 27.7. The highest BCUT2D eigenvalue weighted by Crippen LogP contribution is 2.28. The zero-order valence-corrected chi connectivity index (χ0v) is 12.9. The molecule has 106 valence electrons. The average molecular weight is 366 g/mol. The molecule has 1 aromatic carbocycles. The molecule has 0 saturated carbocycles. The molecule has 0 bridgehead atoms. The maximum atomic E-state index is 12.3. The Bertz CT molecular complexity index is 903. The van der Waals surface area contributed by atoms with E-state index in [2.05, 4.69) is 20.9 Å². The lowest BCUT2D eigenvalue weighted by molar-refractivity contribution is -0.385. The van der Waals surface area contributed by atoms with Crippen LogP contribution >= 0.6 is 27.3 Å². The predicted molar refractivity (Wildman–Crippen MR) is 83.8 cm³/mol. The molecule has 0 N–H and O–H groups in total. The highest BCUT2D eigenvalue weighted by molar-refractivity contribution is 9.10. The van der Waals surface area contributed by atoms with Gasteiger partial charge in [0, 0.05) is 6.07 Å². The molecule has 2 aromatic heterocycles. The van der Waals surface area contributed by atoms with E-state index in [1.165, 1.54) is 28.3 Å². The minimum Gasteiger partial charge on any atom is -0.294 e. The smallest absolute Gasteiger partial charge is 0.283 e. The molecule has 0 fully saturated rings. The van der Waals surface area contributed by atoms with Crippen molar-refractivity contribution in [1.82, 2.24) is 9.55 Å². The minimum absolute atomic E-state index is 0.0230. The molecule has 21 heavy (non-hydrogen) atoms. The molecule has 3 rings (SSSR count). The number of halogens is 1. The van der Waals surface area contributed by atoms with Gasteiger partial charge in [-0.15, -0.1) is 11.3 Å². The van der Waals surface area contributed by atoms with Crippen molar-refractivity contribution in [2.75, 3.05) is 0 Å². The van der Waals surface area contributed by atoms with Crippen molar-refractivity contribution < 1.29 is 4.92 Å². The van der Waals surface area contributed by atoms with E-state index in [-0.39, 0.29) is 17.8 Å². The summed E-state index contributed by atoms with van der Waals surface area (Å²) in [5.74, 6) is 0. The van der Waals surface area contributed by atoms with Crippen molar-refractivity contribution in [3.63, 3.8) is 0 Å². The van der Waals surface area contributed by atoms with Crippen LogP contribution in [0.3, 0.4) is 0 Å². The summed E-state index contributed by atoms with van der Waals surface area (Å²) in [6.45, 7) is 0.222. The van der Waals surface area contributed by atoms with Crippen LogP contribution in [0.1, 0.15) is 5.56 Å². The fourth-order valence-corrected chi connectivity index (χ4v) is 3.28. The second-order valence-electron chi connectivity index (χ2n) is 4.32. The van der Waals surface area contributed by atoms with Crippen LogP contribution in [0, 0.1) is 10.1 Å². The number of benzene rings is 1. The zero-order chi connectivity index (χ0) is 15.0. The van der Waals surface area contributed by atoms with Crippen molar-refractivity contribution in [2.45, 2.75) is 6.54 Å².